The van der Waals surface area contributed by atoms with E-state index in [-0.39, 0.29) is 11.4 Å². The van der Waals surface area contributed by atoms with Crippen LogP contribution in [0.25, 0.3) is 0 Å². The summed E-state index contributed by atoms with van der Waals surface area (Å²) in [7, 11) is -3.59. The van der Waals surface area contributed by atoms with Gasteiger partial charge in [-0.2, -0.15) is 0 Å². The minimum absolute atomic E-state index is 0.180. The number of benzene rings is 1. The Morgan fingerprint density at radius 1 is 1.37 bits per heavy atom. The zero-order valence-corrected chi connectivity index (χ0v) is 12.3. The number of rotatable bonds is 4. The van der Waals surface area contributed by atoms with Crippen molar-refractivity contribution in [2.45, 2.75) is 25.3 Å². The Morgan fingerprint density at radius 2 is 2.11 bits per heavy atom. The van der Waals surface area contributed by atoms with Crippen LogP contribution in [0.2, 0.25) is 0 Å². The Morgan fingerprint density at radius 3 is 2.74 bits per heavy atom. The van der Waals surface area contributed by atoms with Gasteiger partial charge in [-0.1, -0.05) is 6.07 Å². The number of nitrogens with zero attached hydrogens (tertiary/aromatic N) is 1. The van der Waals surface area contributed by atoms with Gasteiger partial charge < -0.3 is 5.73 Å². The van der Waals surface area contributed by atoms with Gasteiger partial charge in [0.15, 0.2) is 0 Å². The maximum absolute atomic E-state index is 12.3. The van der Waals surface area contributed by atoms with Gasteiger partial charge in [-0.15, -0.1) is 11.3 Å². The van der Waals surface area contributed by atoms with Crippen molar-refractivity contribution < 1.29 is 8.42 Å². The van der Waals surface area contributed by atoms with Gasteiger partial charge in [0.2, 0.25) is 10.0 Å². The number of nitrogen functional groups attached to an aromatic ring is 1. The van der Waals surface area contributed by atoms with Crippen molar-refractivity contribution in [2.24, 2.45) is 0 Å². The maximum Gasteiger partial charge on any atom is 0.241 e. The SMILES string of the molecule is Cc1ccc(N)c(C)c1S(=O)(=O)NCc1cscn1. The third-order valence-corrected chi connectivity index (χ3v) is 5.17. The van der Waals surface area contributed by atoms with Crippen LogP contribution in [-0.4, -0.2) is 13.4 Å². The van der Waals surface area contributed by atoms with Crippen LogP contribution in [0.1, 0.15) is 16.8 Å². The smallest absolute Gasteiger partial charge is 0.241 e. The van der Waals surface area contributed by atoms with Gasteiger partial charge in [0.1, 0.15) is 0 Å². The molecule has 0 unspecified atom stereocenters. The number of aryl methyl sites for hydroxylation is 1. The Balaban J connectivity index is 2.32. The number of anilines is 1. The number of aromatic nitrogens is 1. The molecule has 0 radical (unpaired) electrons. The van der Waals surface area contributed by atoms with Crippen LogP contribution >= 0.6 is 11.3 Å². The predicted octanol–water partition coefficient (Wildman–Crippen LogP) is 1.82. The molecule has 0 amide bonds. The molecule has 2 rings (SSSR count). The second kappa shape index (κ2) is 5.28. The monoisotopic (exact) mass is 297 g/mol. The summed E-state index contributed by atoms with van der Waals surface area (Å²) >= 11 is 1.43. The summed E-state index contributed by atoms with van der Waals surface area (Å²) in [5.41, 5.74) is 9.87. The van der Waals surface area contributed by atoms with E-state index in [4.69, 9.17) is 5.73 Å². The predicted molar refractivity (Wildman–Crippen MR) is 76.5 cm³/mol. The number of nitrogens with two attached hydrogens (primary N) is 1. The minimum Gasteiger partial charge on any atom is -0.398 e. The van der Waals surface area contributed by atoms with Crippen molar-refractivity contribution in [1.82, 2.24) is 9.71 Å². The van der Waals surface area contributed by atoms with E-state index in [1.54, 1.807) is 31.5 Å². The fourth-order valence-electron chi connectivity index (χ4n) is 1.82. The van der Waals surface area contributed by atoms with E-state index in [0.29, 0.717) is 22.5 Å². The molecule has 0 aliphatic heterocycles. The lowest BCUT2D eigenvalue weighted by atomic mass is 10.1. The van der Waals surface area contributed by atoms with Crippen molar-refractivity contribution in [2.75, 3.05) is 5.73 Å². The summed E-state index contributed by atoms with van der Waals surface area (Å²) in [6.45, 7) is 3.64. The lowest BCUT2D eigenvalue weighted by molar-refractivity contribution is 0.579. The molecule has 1 aromatic heterocycles. The van der Waals surface area contributed by atoms with E-state index in [2.05, 4.69) is 9.71 Å². The molecule has 0 saturated heterocycles. The first kappa shape index (κ1) is 14.0. The average molecular weight is 297 g/mol. The van der Waals surface area contributed by atoms with Gasteiger partial charge in [0.25, 0.3) is 0 Å². The summed E-state index contributed by atoms with van der Waals surface area (Å²) in [5.74, 6) is 0. The fourth-order valence-corrected chi connectivity index (χ4v) is 3.88. The number of hydrogen-bond acceptors (Lipinski definition) is 5. The first-order chi connectivity index (χ1) is 8.92. The highest BCUT2D eigenvalue weighted by Gasteiger charge is 2.20. The molecule has 5 nitrogen and oxygen atoms in total. The molecule has 19 heavy (non-hydrogen) atoms. The van der Waals surface area contributed by atoms with Crippen LogP contribution in [0.15, 0.2) is 27.9 Å². The number of sulfonamides is 1. The molecular weight excluding hydrogens is 282 g/mol. The molecule has 102 valence electrons. The molecule has 3 N–H and O–H groups in total. The van der Waals surface area contributed by atoms with Crippen molar-refractivity contribution >= 4 is 27.0 Å². The standard InChI is InChI=1S/C12H15N3O2S2/c1-8-3-4-11(13)9(2)12(8)19(16,17)15-5-10-6-18-7-14-10/h3-4,6-7,15H,5,13H2,1-2H3. The summed E-state index contributed by atoms with van der Waals surface area (Å²) in [6, 6.07) is 3.42. The summed E-state index contributed by atoms with van der Waals surface area (Å²) in [6.07, 6.45) is 0. The summed E-state index contributed by atoms with van der Waals surface area (Å²) in [5, 5.41) is 1.81. The average Bonchev–Trinajstić information content (AvgIpc) is 2.85. The Kier molecular flexibility index (Phi) is 3.88. The molecule has 1 aromatic carbocycles. The van der Waals surface area contributed by atoms with Gasteiger partial charge in [-0.3, -0.25) is 0 Å². The summed E-state index contributed by atoms with van der Waals surface area (Å²) in [4.78, 5) is 4.29. The Bertz CT molecular complexity index is 679. The molecule has 7 heteroatoms. The van der Waals surface area contributed by atoms with Crippen LogP contribution in [-0.2, 0) is 16.6 Å². The molecule has 1 heterocycles. The second-order valence-electron chi connectivity index (χ2n) is 4.23. The van der Waals surface area contributed by atoms with E-state index < -0.39 is 10.0 Å². The molecule has 0 aliphatic carbocycles. The van der Waals surface area contributed by atoms with Crippen LogP contribution in [0.5, 0.6) is 0 Å². The van der Waals surface area contributed by atoms with Crippen molar-refractivity contribution in [3.05, 3.63) is 39.8 Å². The molecule has 0 aliphatic rings. The molecule has 0 bridgehead atoms. The van der Waals surface area contributed by atoms with Crippen molar-refractivity contribution in [3.8, 4) is 0 Å². The number of hydrogen-bond donors (Lipinski definition) is 2. The zero-order valence-electron chi connectivity index (χ0n) is 10.7. The normalized spacial score (nSPS) is 11.7. The van der Waals surface area contributed by atoms with E-state index >= 15 is 0 Å². The third kappa shape index (κ3) is 2.94. The lowest BCUT2D eigenvalue weighted by Crippen LogP contribution is -2.25. The van der Waals surface area contributed by atoms with Crippen LogP contribution < -0.4 is 10.5 Å². The second-order valence-corrected chi connectivity index (χ2v) is 6.65. The molecular formula is C12H15N3O2S2. The van der Waals surface area contributed by atoms with Crippen molar-refractivity contribution in [1.29, 1.82) is 0 Å². The number of nitrogens with one attached hydrogen (secondary N) is 1. The molecule has 0 fully saturated rings. The van der Waals surface area contributed by atoms with Crippen LogP contribution in [0, 0.1) is 13.8 Å². The quantitative estimate of drug-likeness (QED) is 0.843. The molecule has 0 spiro atoms. The highest BCUT2D eigenvalue weighted by Crippen LogP contribution is 2.24. The third-order valence-electron chi connectivity index (χ3n) is 2.84. The van der Waals surface area contributed by atoms with Crippen molar-refractivity contribution in [3.63, 3.8) is 0 Å². The van der Waals surface area contributed by atoms with E-state index in [1.165, 1.54) is 11.3 Å². The topological polar surface area (TPSA) is 85.1 Å². The highest BCUT2D eigenvalue weighted by atomic mass is 32.2. The Hall–Kier alpha value is -1.44. The van der Waals surface area contributed by atoms with Gasteiger partial charge >= 0.3 is 0 Å². The minimum atomic E-state index is -3.59. The van der Waals surface area contributed by atoms with Gasteiger partial charge in [0.05, 0.1) is 22.6 Å². The van der Waals surface area contributed by atoms with E-state index in [1.807, 2.05) is 5.38 Å². The van der Waals surface area contributed by atoms with Gasteiger partial charge in [-0.05, 0) is 31.0 Å². The molecule has 0 atom stereocenters. The lowest BCUT2D eigenvalue weighted by Gasteiger charge is -2.13. The van der Waals surface area contributed by atoms with Crippen LogP contribution in [0.4, 0.5) is 5.69 Å². The first-order valence-corrected chi connectivity index (χ1v) is 8.07. The first-order valence-electron chi connectivity index (χ1n) is 5.64. The van der Waals surface area contributed by atoms with Gasteiger partial charge in [0, 0.05) is 11.1 Å². The summed E-state index contributed by atoms with van der Waals surface area (Å²) < 4.78 is 27.2. The highest BCUT2D eigenvalue weighted by molar-refractivity contribution is 7.89. The van der Waals surface area contributed by atoms with Crippen LogP contribution in [0.3, 0.4) is 0 Å². The largest absolute Gasteiger partial charge is 0.398 e. The Labute approximate surface area is 116 Å². The van der Waals surface area contributed by atoms with E-state index in [9.17, 15) is 8.42 Å². The molecule has 0 saturated carbocycles. The van der Waals surface area contributed by atoms with Gasteiger partial charge in [-0.25, -0.2) is 18.1 Å². The zero-order chi connectivity index (χ0) is 14.0. The molecule has 2 aromatic rings. The maximum atomic E-state index is 12.3. The number of thiazole rings is 1. The van der Waals surface area contributed by atoms with E-state index in [0.717, 1.165) is 0 Å². The fraction of sp³-hybridized carbons (Fsp3) is 0.250.